The topological polar surface area (TPSA) is 68.8 Å². The van der Waals surface area contributed by atoms with Crippen molar-refractivity contribution in [3.63, 3.8) is 0 Å². The van der Waals surface area contributed by atoms with Gasteiger partial charge in [0.2, 0.25) is 5.78 Å². The van der Waals surface area contributed by atoms with Gasteiger partial charge in [-0.15, -0.1) is 6.42 Å². The molecule has 4 rings (SSSR count). The number of imidazole rings is 1. The Balaban J connectivity index is 2.01. The molecule has 1 aliphatic rings. The summed E-state index contributed by atoms with van der Waals surface area (Å²) in [6, 6.07) is 1.49. The lowest BCUT2D eigenvalue weighted by molar-refractivity contribution is -0.192. The van der Waals surface area contributed by atoms with E-state index >= 15 is 0 Å². The van der Waals surface area contributed by atoms with E-state index in [1.165, 1.54) is 0 Å². The van der Waals surface area contributed by atoms with Crippen molar-refractivity contribution in [3.05, 3.63) is 52.5 Å². The predicted molar refractivity (Wildman–Crippen MR) is 92.5 cm³/mol. The molecule has 1 aliphatic heterocycles. The van der Waals surface area contributed by atoms with Gasteiger partial charge in [-0.05, 0) is 6.07 Å². The van der Waals surface area contributed by atoms with Crippen LogP contribution in [0.2, 0.25) is 0 Å². The molecular formula is C18H8F6N4O3. The molecule has 0 saturated heterocycles. The van der Waals surface area contributed by atoms with Crippen molar-refractivity contribution in [1.82, 2.24) is 14.0 Å². The molecular weight excluding hydrogens is 434 g/mol. The lowest BCUT2D eigenvalue weighted by Crippen LogP contribution is -2.51. The van der Waals surface area contributed by atoms with Crippen molar-refractivity contribution in [2.75, 3.05) is 11.4 Å². The molecule has 0 atom stereocenters. The molecule has 0 fully saturated rings. The Hall–Kier alpha value is -3.95. The van der Waals surface area contributed by atoms with Crippen LogP contribution in [0, 0.1) is 18.2 Å². The van der Waals surface area contributed by atoms with Gasteiger partial charge in [0.15, 0.2) is 11.6 Å². The summed E-state index contributed by atoms with van der Waals surface area (Å²) in [5.74, 6) is -2.48. The highest BCUT2D eigenvalue weighted by Gasteiger charge is 2.50. The standard InChI is InChI=1S/C18H8F6N4O3/c1-2-4-26-11-7-10(9(19)6-12(11)31-18(23,24)15(26)30)28-14(29)8-13(17(20,21)22)27-5-3-25-16(27)28/h1,3,5-8H,4H2. The maximum atomic E-state index is 14.8. The minimum absolute atomic E-state index is 0.225. The Morgan fingerprint density at radius 2 is 1.87 bits per heavy atom. The molecule has 0 aliphatic carbocycles. The second kappa shape index (κ2) is 6.53. The van der Waals surface area contributed by atoms with Gasteiger partial charge in [0.25, 0.3) is 5.56 Å². The molecule has 0 radical (unpaired) electrons. The Labute approximate surface area is 168 Å². The molecule has 31 heavy (non-hydrogen) atoms. The molecule has 13 heteroatoms. The van der Waals surface area contributed by atoms with E-state index < -0.39 is 64.7 Å². The number of anilines is 1. The number of alkyl halides is 5. The fraction of sp³-hybridized carbons (Fsp3) is 0.167. The second-order valence-electron chi connectivity index (χ2n) is 6.28. The van der Waals surface area contributed by atoms with Crippen LogP contribution >= 0.6 is 0 Å². The number of halogens is 6. The first-order chi connectivity index (χ1) is 14.5. The minimum Gasteiger partial charge on any atom is -0.423 e. The van der Waals surface area contributed by atoms with E-state index in [2.05, 4.69) is 9.72 Å². The number of amides is 1. The third-order valence-electron chi connectivity index (χ3n) is 4.39. The number of nitrogens with zero attached hydrogens (tertiary/aromatic N) is 4. The fourth-order valence-corrected chi connectivity index (χ4v) is 3.14. The first kappa shape index (κ1) is 20.3. The van der Waals surface area contributed by atoms with Crippen molar-refractivity contribution in [1.29, 1.82) is 0 Å². The van der Waals surface area contributed by atoms with Crippen LogP contribution in [0.3, 0.4) is 0 Å². The number of terminal acetylenes is 1. The van der Waals surface area contributed by atoms with E-state index in [4.69, 9.17) is 6.42 Å². The predicted octanol–water partition coefficient (Wildman–Crippen LogP) is 2.59. The number of hydrogen-bond acceptors (Lipinski definition) is 4. The number of aromatic nitrogens is 3. The van der Waals surface area contributed by atoms with Crippen molar-refractivity contribution in [3.8, 4) is 23.8 Å². The number of hydrogen-bond donors (Lipinski definition) is 0. The lowest BCUT2D eigenvalue weighted by atomic mass is 10.2. The highest BCUT2D eigenvalue weighted by molar-refractivity contribution is 6.01. The van der Waals surface area contributed by atoms with Crippen LogP contribution in [0.25, 0.3) is 11.5 Å². The lowest BCUT2D eigenvalue weighted by Gasteiger charge is -2.32. The summed E-state index contributed by atoms with van der Waals surface area (Å²) < 4.78 is 87.4. The highest BCUT2D eigenvalue weighted by atomic mass is 19.4. The Morgan fingerprint density at radius 3 is 2.52 bits per heavy atom. The smallest absolute Gasteiger partial charge is 0.423 e. The summed E-state index contributed by atoms with van der Waals surface area (Å²) in [7, 11) is 0. The van der Waals surface area contributed by atoms with Gasteiger partial charge in [0, 0.05) is 24.5 Å². The molecule has 3 heterocycles. The van der Waals surface area contributed by atoms with Crippen LogP contribution in [-0.4, -0.2) is 32.5 Å². The Kier molecular flexibility index (Phi) is 4.28. The number of carbonyl (C=O) groups is 1. The highest BCUT2D eigenvalue weighted by Crippen LogP contribution is 2.41. The number of benzene rings is 1. The van der Waals surface area contributed by atoms with E-state index in [-0.39, 0.29) is 6.07 Å². The average Bonchev–Trinajstić information content (AvgIpc) is 3.13. The molecule has 2 aromatic heterocycles. The van der Waals surface area contributed by atoms with Gasteiger partial charge in [-0.1, -0.05) is 5.92 Å². The van der Waals surface area contributed by atoms with Crippen molar-refractivity contribution in [2.24, 2.45) is 0 Å². The monoisotopic (exact) mass is 442 g/mol. The van der Waals surface area contributed by atoms with Crippen LogP contribution < -0.4 is 15.2 Å². The molecule has 3 aromatic rings. The van der Waals surface area contributed by atoms with Gasteiger partial charge in [0.1, 0.15) is 5.69 Å². The normalized spacial score (nSPS) is 15.5. The third-order valence-corrected chi connectivity index (χ3v) is 4.39. The van der Waals surface area contributed by atoms with E-state index in [1.54, 1.807) is 0 Å². The van der Waals surface area contributed by atoms with E-state index in [0.717, 1.165) is 18.5 Å². The number of fused-ring (bicyclic) bond motifs is 2. The first-order valence-electron chi connectivity index (χ1n) is 8.28. The third kappa shape index (κ3) is 3.07. The number of carbonyl (C=O) groups excluding carboxylic acids is 1. The molecule has 7 nitrogen and oxygen atoms in total. The average molecular weight is 442 g/mol. The van der Waals surface area contributed by atoms with Gasteiger partial charge < -0.3 is 4.74 Å². The minimum atomic E-state index is -4.92. The zero-order valence-corrected chi connectivity index (χ0v) is 15.0. The van der Waals surface area contributed by atoms with E-state index in [1.807, 2.05) is 5.92 Å². The van der Waals surface area contributed by atoms with Crippen LogP contribution in [-0.2, 0) is 11.0 Å². The molecule has 160 valence electrons. The van der Waals surface area contributed by atoms with E-state index in [0.29, 0.717) is 19.9 Å². The van der Waals surface area contributed by atoms with Crippen molar-refractivity contribution < 1.29 is 35.9 Å². The van der Waals surface area contributed by atoms with Crippen LogP contribution in [0.15, 0.2) is 35.4 Å². The Bertz CT molecular complexity index is 1340. The summed E-state index contributed by atoms with van der Waals surface area (Å²) in [6.07, 6.45) is -2.27. The molecule has 1 aromatic carbocycles. The molecule has 1 amide bonds. The number of ether oxygens (including phenoxy) is 1. The summed E-state index contributed by atoms with van der Waals surface area (Å²) in [5, 5.41) is 0. The zero-order valence-electron chi connectivity index (χ0n) is 15.0. The number of rotatable bonds is 2. The van der Waals surface area contributed by atoms with Gasteiger partial charge in [-0.3, -0.25) is 18.9 Å². The molecule has 0 N–H and O–H groups in total. The van der Waals surface area contributed by atoms with Gasteiger partial charge >= 0.3 is 18.2 Å². The first-order valence-corrected chi connectivity index (χ1v) is 8.28. The summed E-state index contributed by atoms with van der Waals surface area (Å²) in [6.45, 7) is -0.642. The summed E-state index contributed by atoms with van der Waals surface area (Å²) in [5.41, 5.74) is -3.72. The second-order valence-corrected chi connectivity index (χ2v) is 6.28. The van der Waals surface area contributed by atoms with Crippen LogP contribution in [0.4, 0.5) is 32.0 Å². The van der Waals surface area contributed by atoms with Crippen LogP contribution in [0.5, 0.6) is 5.75 Å². The SMILES string of the molecule is C#CCN1C(=O)C(F)(F)Oc2cc(F)c(-n3c(=O)cc(C(F)(F)F)n4ccnc34)cc21. The maximum absolute atomic E-state index is 14.8. The van der Waals surface area contributed by atoms with Gasteiger partial charge in [0.05, 0.1) is 17.9 Å². The largest absolute Gasteiger partial charge is 0.483 e. The van der Waals surface area contributed by atoms with Gasteiger partial charge in [-0.2, -0.15) is 22.0 Å². The molecule has 0 saturated carbocycles. The van der Waals surface area contributed by atoms with Gasteiger partial charge in [-0.25, -0.2) is 13.9 Å². The summed E-state index contributed by atoms with van der Waals surface area (Å²) in [4.78, 5) is 28.6. The van der Waals surface area contributed by atoms with E-state index in [9.17, 15) is 35.9 Å². The van der Waals surface area contributed by atoms with Crippen molar-refractivity contribution >= 4 is 17.4 Å². The van der Waals surface area contributed by atoms with Crippen LogP contribution in [0.1, 0.15) is 5.69 Å². The molecule has 0 unspecified atom stereocenters. The quantitative estimate of drug-likeness (QED) is 0.452. The Morgan fingerprint density at radius 1 is 1.16 bits per heavy atom. The molecule has 0 bridgehead atoms. The summed E-state index contributed by atoms with van der Waals surface area (Å²) >= 11 is 0. The fourth-order valence-electron chi connectivity index (χ4n) is 3.14. The molecule has 0 spiro atoms. The maximum Gasteiger partial charge on any atom is 0.483 e. The zero-order chi connectivity index (χ0) is 22.7. The van der Waals surface area contributed by atoms with Crippen molar-refractivity contribution in [2.45, 2.75) is 12.3 Å².